The van der Waals surface area contributed by atoms with E-state index in [1.54, 1.807) is 19.1 Å². The Hall–Kier alpha value is -2.45. The van der Waals surface area contributed by atoms with Crippen molar-refractivity contribution >= 4 is 11.6 Å². The predicted molar refractivity (Wildman–Crippen MR) is 108 cm³/mol. The van der Waals surface area contributed by atoms with E-state index < -0.39 is 11.1 Å². The Bertz CT molecular complexity index is 762. The van der Waals surface area contributed by atoms with Gasteiger partial charge in [-0.25, -0.2) is 5.21 Å². The summed E-state index contributed by atoms with van der Waals surface area (Å²) in [6, 6.07) is 12.7. The fourth-order valence-electron chi connectivity index (χ4n) is 2.97. The number of carbonyl (C=O) groups is 1. The van der Waals surface area contributed by atoms with Crippen molar-refractivity contribution in [3.63, 3.8) is 0 Å². The van der Waals surface area contributed by atoms with E-state index in [0.29, 0.717) is 18.7 Å². The van der Waals surface area contributed by atoms with Crippen molar-refractivity contribution in [1.29, 1.82) is 0 Å². The number of quaternary nitrogens is 1. The molecule has 0 saturated heterocycles. The number of aryl methyl sites for hydroxylation is 1. The molecule has 0 aliphatic carbocycles. The molecule has 1 amide bonds. The largest absolute Gasteiger partial charge is 0.595 e. The van der Waals surface area contributed by atoms with Crippen molar-refractivity contribution in [2.45, 2.75) is 27.4 Å². The van der Waals surface area contributed by atoms with Crippen molar-refractivity contribution < 1.29 is 20.0 Å². The van der Waals surface area contributed by atoms with Gasteiger partial charge in [0.2, 0.25) is 5.69 Å². The zero-order valence-electron chi connectivity index (χ0n) is 16.7. The summed E-state index contributed by atoms with van der Waals surface area (Å²) in [6.45, 7) is 9.08. The van der Waals surface area contributed by atoms with Crippen LogP contribution in [0.2, 0.25) is 0 Å². The van der Waals surface area contributed by atoms with Crippen LogP contribution in [0.1, 0.15) is 35.3 Å². The lowest BCUT2D eigenvalue weighted by Crippen LogP contribution is -2.99. The maximum atomic E-state index is 12.6. The topological polar surface area (TPSA) is 89.3 Å². The number of hydrogen-bond donors (Lipinski definition) is 3. The van der Waals surface area contributed by atoms with Crippen molar-refractivity contribution in [2.24, 2.45) is 0 Å². The number of hydrogen-bond acceptors (Lipinski definition) is 5. The summed E-state index contributed by atoms with van der Waals surface area (Å²) in [5, 5.41) is 23.3. The van der Waals surface area contributed by atoms with Crippen molar-refractivity contribution in [2.75, 3.05) is 26.2 Å². The third-order valence-electron chi connectivity index (χ3n) is 4.65. The van der Waals surface area contributed by atoms with Crippen molar-refractivity contribution in [3.05, 3.63) is 64.4 Å². The highest BCUT2D eigenvalue weighted by Crippen LogP contribution is 2.30. The van der Waals surface area contributed by atoms with Crippen LogP contribution in [0.3, 0.4) is 0 Å². The van der Waals surface area contributed by atoms with Gasteiger partial charge in [-0.05, 0) is 37.2 Å². The van der Waals surface area contributed by atoms with Crippen LogP contribution in [0.4, 0.5) is 5.69 Å². The van der Waals surface area contributed by atoms with E-state index >= 15 is 0 Å². The van der Waals surface area contributed by atoms with Crippen LogP contribution in [-0.4, -0.2) is 42.2 Å². The van der Waals surface area contributed by atoms with E-state index in [9.17, 15) is 15.2 Å². The molecule has 0 aromatic heterocycles. The summed E-state index contributed by atoms with van der Waals surface area (Å²) in [7, 11) is 0. The molecule has 0 saturated carbocycles. The molecule has 2 aromatic carbocycles. The van der Waals surface area contributed by atoms with Gasteiger partial charge in [-0.1, -0.05) is 50.2 Å². The molecule has 0 spiro atoms. The molecule has 7 nitrogen and oxygen atoms in total. The Morgan fingerprint density at radius 1 is 1.18 bits per heavy atom. The Kier molecular flexibility index (Phi) is 8.41. The molecule has 1 unspecified atom stereocenters. The molecule has 28 heavy (non-hydrogen) atoms. The van der Waals surface area contributed by atoms with Gasteiger partial charge < -0.3 is 20.2 Å². The number of rotatable bonds is 10. The Morgan fingerprint density at radius 2 is 1.86 bits per heavy atom. The number of ether oxygens (including phenoxy) is 1. The van der Waals surface area contributed by atoms with Gasteiger partial charge in [0.1, 0.15) is 12.2 Å². The lowest BCUT2D eigenvalue weighted by Gasteiger charge is -2.21. The molecular weight excluding hydrogens is 358 g/mol. The zero-order chi connectivity index (χ0) is 20.5. The SMILES string of the molecule is CCN(CC)CCNC(=O)c1ccc(C)c(OCc2ccccc2)c1[NH+]([O-])O. The third-order valence-corrected chi connectivity index (χ3v) is 4.65. The average molecular weight is 387 g/mol. The zero-order valence-corrected chi connectivity index (χ0v) is 16.7. The smallest absolute Gasteiger partial charge is 0.257 e. The van der Waals surface area contributed by atoms with Crippen LogP contribution in [-0.2, 0) is 6.61 Å². The van der Waals surface area contributed by atoms with Gasteiger partial charge in [-0.15, -0.1) is 0 Å². The highest BCUT2D eigenvalue weighted by Gasteiger charge is 2.24. The van der Waals surface area contributed by atoms with Crippen molar-refractivity contribution in [3.8, 4) is 5.75 Å². The van der Waals surface area contributed by atoms with Gasteiger partial charge in [0, 0.05) is 13.1 Å². The standard InChI is InChI=1S/C21H29N3O4/c1-4-23(5-2)14-13-22-21(25)18-12-11-16(3)20(19(18)24(26)27)28-15-17-9-7-6-8-10-17/h6-12,24,26H,4-5,13-15H2,1-3H3,(H,22,25). The van der Waals surface area contributed by atoms with Gasteiger partial charge in [0.25, 0.3) is 5.91 Å². The first-order valence-electron chi connectivity index (χ1n) is 9.52. The van der Waals surface area contributed by atoms with Crippen LogP contribution in [0.5, 0.6) is 5.75 Å². The number of carbonyl (C=O) groups excluding carboxylic acids is 1. The van der Waals surface area contributed by atoms with Crippen LogP contribution in [0.15, 0.2) is 42.5 Å². The fourth-order valence-corrected chi connectivity index (χ4v) is 2.97. The molecule has 2 aromatic rings. The summed E-state index contributed by atoms with van der Waals surface area (Å²) in [4.78, 5) is 14.8. The van der Waals surface area contributed by atoms with Gasteiger partial charge in [0.05, 0.1) is 0 Å². The first kappa shape index (κ1) is 21.8. The molecule has 7 heteroatoms. The van der Waals surface area contributed by atoms with Gasteiger partial charge in [-0.3, -0.25) is 4.79 Å². The van der Waals surface area contributed by atoms with Crippen LogP contribution in [0, 0.1) is 12.1 Å². The maximum absolute atomic E-state index is 12.6. The molecule has 0 radical (unpaired) electrons. The first-order valence-corrected chi connectivity index (χ1v) is 9.52. The molecule has 3 N–H and O–H groups in total. The maximum Gasteiger partial charge on any atom is 0.257 e. The second-order valence-electron chi connectivity index (χ2n) is 6.50. The lowest BCUT2D eigenvalue weighted by atomic mass is 10.1. The molecule has 1 atom stereocenters. The summed E-state index contributed by atoms with van der Waals surface area (Å²) < 4.78 is 5.81. The van der Waals surface area contributed by atoms with E-state index in [4.69, 9.17) is 4.74 Å². The Morgan fingerprint density at radius 3 is 2.46 bits per heavy atom. The van der Waals surface area contributed by atoms with E-state index in [-0.39, 0.29) is 23.6 Å². The van der Waals surface area contributed by atoms with Crippen LogP contribution < -0.4 is 15.3 Å². The average Bonchev–Trinajstić information content (AvgIpc) is 2.70. The number of amides is 1. The van der Waals surface area contributed by atoms with Crippen LogP contribution >= 0.6 is 0 Å². The Labute approximate surface area is 166 Å². The van der Waals surface area contributed by atoms with Gasteiger partial charge >= 0.3 is 0 Å². The summed E-state index contributed by atoms with van der Waals surface area (Å²) in [5.74, 6) is -0.179. The van der Waals surface area contributed by atoms with Gasteiger partial charge in [0.15, 0.2) is 5.75 Å². The minimum Gasteiger partial charge on any atom is -0.595 e. The molecule has 0 aliphatic heterocycles. The first-order chi connectivity index (χ1) is 13.5. The number of benzene rings is 2. The molecule has 0 aliphatic rings. The van der Waals surface area contributed by atoms with Crippen LogP contribution in [0.25, 0.3) is 0 Å². The summed E-state index contributed by atoms with van der Waals surface area (Å²) >= 11 is 0. The monoisotopic (exact) mass is 387 g/mol. The molecule has 0 heterocycles. The highest BCUT2D eigenvalue weighted by atomic mass is 16.8. The summed E-state index contributed by atoms with van der Waals surface area (Å²) in [5.41, 5.74) is 1.61. The van der Waals surface area contributed by atoms with Crippen molar-refractivity contribution in [1.82, 2.24) is 10.2 Å². The second kappa shape index (κ2) is 10.8. The van der Waals surface area contributed by atoms with E-state index in [2.05, 4.69) is 24.1 Å². The lowest BCUT2D eigenvalue weighted by molar-refractivity contribution is -0.991. The quantitative estimate of drug-likeness (QED) is 0.543. The Balaban J connectivity index is 2.18. The highest BCUT2D eigenvalue weighted by molar-refractivity contribution is 5.99. The number of likely N-dealkylation sites (N-methyl/N-ethyl adjacent to an activating group) is 1. The molecule has 2 rings (SSSR count). The van der Waals surface area contributed by atoms with Gasteiger partial charge in [-0.2, -0.15) is 5.23 Å². The minimum absolute atomic E-state index is 0.101. The predicted octanol–water partition coefficient (Wildman–Crippen LogP) is 2.05. The third kappa shape index (κ3) is 5.77. The minimum atomic E-state index is -1.18. The van der Waals surface area contributed by atoms with E-state index in [1.165, 1.54) is 0 Å². The second-order valence-corrected chi connectivity index (χ2v) is 6.50. The fraction of sp³-hybridized carbons (Fsp3) is 0.381. The molecular formula is C21H29N3O4. The van der Waals surface area contributed by atoms with E-state index in [0.717, 1.165) is 18.7 Å². The number of nitrogens with zero attached hydrogens (tertiary/aromatic N) is 1. The molecule has 0 fully saturated rings. The molecule has 0 bridgehead atoms. The number of nitrogens with one attached hydrogen (secondary N) is 2. The molecule has 152 valence electrons. The van der Waals surface area contributed by atoms with E-state index in [1.807, 2.05) is 30.3 Å². The summed E-state index contributed by atoms with van der Waals surface area (Å²) in [6.07, 6.45) is 0. The normalized spacial score (nSPS) is 12.1.